The van der Waals surface area contributed by atoms with Crippen molar-refractivity contribution in [3.05, 3.63) is 64.7 Å². The van der Waals surface area contributed by atoms with E-state index in [2.05, 4.69) is 30.3 Å². The van der Waals surface area contributed by atoms with Crippen LogP contribution in [0.1, 0.15) is 15.9 Å². The molecule has 0 aromatic heterocycles. The number of hydrogen-bond acceptors (Lipinski definition) is 3. The molecule has 0 fully saturated rings. The number of ether oxygens (including phenoxy) is 1. The van der Waals surface area contributed by atoms with E-state index in [1.54, 1.807) is 24.3 Å². The first kappa shape index (κ1) is 21.0. The minimum Gasteiger partial charge on any atom is -0.489 e. The summed E-state index contributed by atoms with van der Waals surface area (Å²) in [5, 5.41) is 4.08. The molecule has 2 aromatic carbocycles. The van der Waals surface area contributed by atoms with Crippen molar-refractivity contribution in [2.75, 3.05) is 27.2 Å². The first-order valence-corrected chi connectivity index (χ1v) is 9.33. The lowest BCUT2D eigenvalue weighted by Gasteiger charge is -2.13. The Kier molecular flexibility index (Phi) is 8.32. The summed E-state index contributed by atoms with van der Waals surface area (Å²) in [5.41, 5.74) is 6.76. The van der Waals surface area contributed by atoms with Crippen LogP contribution in [0.5, 0.6) is 5.75 Å². The number of rotatable bonds is 7. The molecule has 2 aromatic rings. The van der Waals surface area contributed by atoms with Gasteiger partial charge in [0.05, 0.1) is 27.2 Å². The van der Waals surface area contributed by atoms with Crippen LogP contribution in [0.4, 0.5) is 0 Å². The van der Waals surface area contributed by atoms with Crippen molar-refractivity contribution in [2.45, 2.75) is 6.61 Å². The number of carbonyl (C=O) groups is 1. The van der Waals surface area contributed by atoms with Crippen LogP contribution >= 0.6 is 23.8 Å². The molecule has 0 saturated carbocycles. The lowest BCUT2D eigenvalue weighted by Crippen LogP contribution is -3.06. The number of benzene rings is 2. The van der Waals surface area contributed by atoms with Gasteiger partial charge in [0.1, 0.15) is 12.4 Å². The maximum absolute atomic E-state index is 12.1. The molecular weight excluding hydrogens is 384 g/mol. The van der Waals surface area contributed by atoms with E-state index in [9.17, 15) is 4.79 Å². The van der Waals surface area contributed by atoms with Crippen LogP contribution in [-0.4, -0.2) is 38.2 Å². The highest BCUT2D eigenvalue weighted by atomic mass is 35.5. The SMILES string of the molecule is C[NH+](C)CCNC(=S)NNC(=O)c1ccc(COc2ccc(Cl)cc2)cc1. The fourth-order valence-electron chi connectivity index (χ4n) is 2.11. The summed E-state index contributed by atoms with van der Waals surface area (Å²) >= 11 is 11.0. The van der Waals surface area contributed by atoms with Gasteiger partial charge < -0.3 is 15.0 Å². The molecule has 144 valence electrons. The van der Waals surface area contributed by atoms with Crippen LogP contribution in [-0.2, 0) is 6.61 Å². The second kappa shape index (κ2) is 10.7. The standard InChI is InChI=1S/C19H23ClN4O2S/c1-24(2)12-11-21-19(27)23-22-18(25)15-5-3-14(4-6-15)13-26-17-9-7-16(20)8-10-17/h3-10H,11-13H2,1-2H3,(H,22,25)(H2,21,23,27)/p+1. The number of quaternary nitrogens is 1. The van der Waals surface area contributed by atoms with Crippen LogP contribution < -0.4 is 25.8 Å². The minimum absolute atomic E-state index is 0.262. The van der Waals surface area contributed by atoms with Gasteiger partial charge in [-0.3, -0.25) is 15.6 Å². The quantitative estimate of drug-likeness (QED) is 0.410. The van der Waals surface area contributed by atoms with Crippen molar-refractivity contribution in [2.24, 2.45) is 0 Å². The Bertz CT molecular complexity index is 751. The van der Waals surface area contributed by atoms with E-state index in [4.69, 9.17) is 28.6 Å². The third kappa shape index (κ3) is 7.82. The van der Waals surface area contributed by atoms with Gasteiger partial charge in [0.15, 0.2) is 5.11 Å². The largest absolute Gasteiger partial charge is 0.489 e. The zero-order chi connectivity index (χ0) is 19.6. The fourth-order valence-corrected chi connectivity index (χ4v) is 2.38. The monoisotopic (exact) mass is 407 g/mol. The highest BCUT2D eigenvalue weighted by molar-refractivity contribution is 7.80. The fraction of sp³-hybridized carbons (Fsp3) is 0.263. The lowest BCUT2D eigenvalue weighted by molar-refractivity contribution is -0.856. The molecule has 27 heavy (non-hydrogen) atoms. The first-order valence-electron chi connectivity index (χ1n) is 8.54. The molecule has 0 heterocycles. The summed E-state index contributed by atoms with van der Waals surface area (Å²) in [6.45, 7) is 2.06. The normalized spacial score (nSPS) is 10.4. The van der Waals surface area contributed by atoms with Crippen molar-refractivity contribution in [1.29, 1.82) is 0 Å². The number of carbonyl (C=O) groups excluding carboxylic acids is 1. The first-order chi connectivity index (χ1) is 12.9. The van der Waals surface area contributed by atoms with E-state index in [1.807, 2.05) is 24.3 Å². The molecule has 0 aliphatic heterocycles. The van der Waals surface area contributed by atoms with E-state index >= 15 is 0 Å². The average molecular weight is 408 g/mol. The Labute approximate surface area is 169 Å². The Hall–Kier alpha value is -2.35. The third-order valence-corrected chi connectivity index (χ3v) is 4.13. The van der Waals surface area contributed by atoms with Crippen LogP contribution in [0, 0.1) is 0 Å². The van der Waals surface area contributed by atoms with Gasteiger partial charge in [-0.05, 0) is 54.2 Å². The van der Waals surface area contributed by atoms with Gasteiger partial charge in [-0.15, -0.1) is 0 Å². The summed E-state index contributed by atoms with van der Waals surface area (Å²) in [4.78, 5) is 13.5. The molecule has 6 nitrogen and oxygen atoms in total. The van der Waals surface area contributed by atoms with E-state index in [1.165, 1.54) is 4.90 Å². The van der Waals surface area contributed by atoms with E-state index in [0.29, 0.717) is 22.3 Å². The molecule has 2 rings (SSSR count). The third-order valence-electron chi connectivity index (χ3n) is 3.64. The summed E-state index contributed by atoms with van der Waals surface area (Å²) < 4.78 is 5.68. The molecule has 0 bridgehead atoms. The summed E-state index contributed by atoms with van der Waals surface area (Å²) in [7, 11) is 4.12. The Balaban J connectivity index is 1.75. The molecule has 0 aliphatic rings. The maximum atomic E-state index is 12.1. The van der Waals surface area contributed by atoms with Crippen LogP contribution in [0.3, 0.4) is 0 Å². The van der Waals surface area contributed by atoms with Crippen molar-refractivity contribution >= 4 is 34.8 Å². The maximum Gasteiger partial charge on any atom is 0.269 e. The van der Waals surface area contributed by atoms with Gasteiger partial charge >= 0.3 is 0 Å². The molecule has 0 saturated heterocycles. The minimum atomic E-state index is -0.262. The Morgan fingerprint density at radius 2 is 1.74 bits per heavy atom. The van der Waals surface area contributed by atoms with Crippen molar-refractivity contribution < 1.29 is 14.4 Å². The summed E-state index contributed by atoms with van der Waals surface area (Å²) in [6, 6.07) is 14.4. The smallest absolute Gasteiger partial charge is 0.269 e. The van der Waals surface area contributed by atoms with E-state index in [0.717, 1.165) is 24.4 Å². The highest BCUT2D eigenvalue weighted by Crippen LogP contribution is 2.17. The lowest BCUT2D eigenvalue weighted by atomic mass is 10.1. The predicted octanol–water partition coefficient (Wildman–Crippen LogP) is 1.17. The number of likely N-dealkylation sites (N-methyl/N-ethyl adjacent to an activating group) is 1. The molecule has 0 atom stereocenters. The average Bonchev–Trinajstić information content (AvgIpc) is 2.66. The molecule has 0 aliphatic carbocycles. The van der Waals surface area contributed by atoms with Gasteiger partial charge in [0, 0.05) is 10.6 Å². The van der Waals surface area contributed by atoms with E-state index in [-0.39, 0.29) is 5.91 Å². The zero-order valence-electron chi connectivity index (χ0n) is 15.3. The van der Waals surface area contributed by atoms with Gasteiger partial charge in [0.25, 0.3) is 5.91 Å². The molecule has 8 heteroatoms. The number of nitrogens with one attached hydrogen (secondary N) is 4. The highest BCUT2D eigenvalue weighted by Gasteiger charge is 2.06. The summed E-state index contributed by atoms with van der Waals surface area (Å²) in [5.74, 6) is 0.477. The van der Waals surface area contributed by atoms with Crippen molar-refractivity contribution in [3.63, 3.8) is 0 Å². The number of hydrazine groups is 1. The number of amides is 1. The predicted molar refractivity (Wildman–Crippen MR) is 111 cm³/mol. The van der Waals surface area contributed by atoms with Gasteiger partial charge in [-0.1, -0.05) is 23.7 Å². The molecule has 1 amide bonds. The van der Waals surface area contributed by atoms with Crippen LogP contribution in [0.25, 0.3) is 0 Å². The van der Waals surface area contributed by atoms with Crippen molar-refractivity contribution in [3.8, 4) is 5.75 Å². The van der Waals surface area contributed by atoms with Gasteiger partial charge in [-0.25, -0.2) is 0 Å². The Morgan fingerprint density at radius 1 is 1.07 bits per heavy atom. The zero-order valence-corrected chi connectivity index (χ0v) is 16.9. The topological polar surface area (TPSA) is 66.8 Å². The molecule has 0 radical (unpaired) electrons. The van der Waals surface area contributed by atoms with E-state index < -0.39 is 0 Å². The molecule has 0 unspecified atom stereocenters. The van der Waals surface area contributed by atoms with Gasteiger partial charge in [-0.2, -0.15) is 0 Å². The second-order valence-corrected chi connectivity index (χ2v) is 7.08. The van der Waals surface area contributed by atoms with Gasteiger partial charge in [0.2, 0.25) is 0 Å². The molecule has 0 spiro atoms. The number of halogens is 1. The van der Waals surface area contributed by atoms with Crippen LogP contribution in [0.15, 0.2) is 48.5 Å². The summed E-state index contributed by atoms with van der Waals surface area (Å²) in [6.07, 6.45) is 0. The van der Waals surface area contributed by atoms with Crippen LogP contribution in [0.2, 0.25) is 5.02 Å². The van der Waals surface area contributed by atoms with Crippen molar-refractivity contribution in [1.82, 2.24) is 16.2 Å². The molecular formula is C19H24ClN4O2S+. The number of hydrogen-bond donors (Lipinski definition) is 4. The second-order valence-electron chi connectivity index (χ2n) is 6.23. The number of thiocarbonyl (C=S) groups is 1. The molecule has 4 N–H and O–H groups in total. The Morgan fingerprint density at radius 3 is 2.37 bits per heavy atom.